The fraction of sp³-hybridized carbons (Fsp3) is 0.857. The van der Waals surface area contributed by atoms with Crippen LogP contribution in [0.25, 0.3) is 0 Å². The van der Waals surface area contributed by atoms with Gasteiger partial charge in [-0.05, 0) is 6.42 Å². The van der Waals surface area contributed by atoms with Crippen molar-refractivity contribution in [2.75, 3.05) is 6.61 Å². The second kappa shape index (κ2) is 23.4. The zero-order chi connectivity index (χ0) is 21.5. The molecule has 0 rings (SSSR count). The third-order valence-corrected chi connectivity index (χ3v) is 4.40. The Balaban J connectivity index is 0. The lowest BCUT2D eigenvalue weighted by Gasteiger charge is -2.03. The van der Waals surface area contributed by atoms with Gasteiger partial charge in [0.15, 0.2) is 0 Å². The highest BCUT2D eigenvalue weighted by Gasteiger charge is 1.98. The lowest BCUT2D eigenvalue weighted by Crippen LogP contribution is -2.36. The quantitative estimate of drug-likeness (QED) is 0.266. The number of rotatable bonds is 17. The summed E-state index contributed by atoms with van der Waals surface area (Å²) in [5, 5.41) is 18.1. The minimum atomic E-state index is -0.955. The minimum absolute atomic E-state index is 0.345. The molecule has 0 bridgehead atoms. The number of aliphatic carboxylic acids is 1. The summed E-state index contributed by atoms with van der Waals surface area (Å²) in [5.74, 6) is -1.45. The number of aliphatic hydroxyl groups excluding tert-OH is 1. The predicted molar refractivity (Wildman–Crippen MR) is 112 cm³/mol. The Morgan fingerprint density at radius 3 is 1.32 bits per heavy atom. The molecule has 0 aromatic carbocycles. The molecule has 166 valence electrons. The molecule has 0 saturated heterocycles. The number of aliphatic hydroxyl groups is 1. The molecule has 7 heteroatoms. The third-order valence-electron chi connectivity index (χ3n) is 4.40. The van der Waals surface area contributed by atoms with Crippen molar-refractivity contribution in [2.45, 2.75) is 110 Å². The van der Waals surface area contributed by atoms with E-state index in [2.05, 4.69) is 12.7 Å². The van der Waals surface area contributed by atoms with E-state index in [1.54, 1.807) is 5.32 Å². The van der Waals surface area contributed by atoms with Gasteiger partial charge in [0.25, 0.3) is 5.91 Å². The number of imide groups is 1. The molecule has 0 aliphatic carbocycles. The summed E-state index contributed by atoms with van der Waals surface area (Å²) in [6, 6.07) is -0.955. The van der Waals surface area contributed by atoms with E-state index in [1.165, 1.54) is 83.5 Å². The first-order valence-corrected chi connectivity index (χ1v) is 10.9. The van der Waals surface area contributed by atoms with Crippen LogP contribution in [0.4, 0.5) is 4.79 Å². The molecule has 0 heterocycles. The van der Waals surface area contributed by atoms with Crippen LogP contribution < -0.4 is 11.1 Å². The summed E-state index contributed by atoms with van der Waals surface area (Å²) in [4.78, 5) is 30.0. The standard InChI is InChI=1S/C18H36O2.C3H6N2O3/c1-2-3-4-5-6-7-8-9-10-11-12-13-14-15-16-17-18(19)20;4-3(8)5-2(7)1-6/h2-17H2,1H3,(H,19,20);6H,1H2,(H3,4,5,7,8). The van der Waals surface area contributed by atoms with Crippen molar-refractivity contribution in [1.29, 1.82) is 0 Å². The summed E-state index contributed by atoms with van der Waals surface area (Å²) in [6.07, 6.45) is 20.2. The largest absolute Gasteiger partial charge is 0.481 e. The zero-order valence-corrected chi connectivity index (χ0v) is 17.7. The van der Waals surface area contributed by atoms with Crippen LogP contribution in [-0.4, -0.2) is 34.7 Å². The Morgan fingerprint density at radius 2 is 1.07 bits per heavy atom. The first-order chi connectivity index (χ1) is 13.4. The van der Waals surface area contributed by atoms with Crippen LogP contribution in [0.15, 0.2) is 0 Å². The molecule has 0 radical (unpaired) electrons. The third kappa shape index (κ3) is 29.1. The zero-order valence-electron chi connectivity index (χ0n) is 17.7. The number of nitrogens with two attached hydrogens (primary N) is 1. The number of carbonyl (C=O) groups is 3. The lowest BCUT2D eigenvalue weighted by atomic mass is 10.0. The van der Waals surface area contributed by atoms with E-state index in [0.717, 1.165) is 12.8 Å². The molecule has 0 fully saturated rings. The molecule has 28 heavy (non-hydrogen) atoms. The molecule has 0 aromatic rings. The summed E-state index contributed by atoms with van der Waals surface area (Å²) in [6.45, 7) is 1.55. The molecule has 5 N–H and O–H groups in total. The first-order valence-electron chi connectivity index (χ1n) is 10.9. The van der Waals surface area contributed by atoms with E-state index in [9.17, 15) is 14.4 Å². The SMILES string of the molecule is CCCCCCCCCCCCCCCCCC(=O)O.NC(=O)NC(=O)CO. The van der Waals surface area contributed by atoms with Crippen molar-refractivity contribution in [3.05, 3.63) is 0 Å². The first kappa shape index (κ1) is 28.6. The van der Waals surface area contributed by atoms with Gasteiger partial charge in [0.05, 0.1) is 0 Å². The summed E-state index contributed by atoms with van der Waals surface area (Å²) in [5.41, 5.74) is 4.49. The normalized spacial score (nSPS) is 10.1. The van der Waals surface area contributed by atoms with Gasteiger partial charge in [0.1, 0.15) is 6.61 Å². The number of carboxylic acids is 1. The Hall–Kier alpha value is -1.63. The summed E-state index contributed by atoms with van der Waals surface area (Å²) < 4.78 is 0. The van der Waals surface area contributed by atoms with Gasteiger partial charge in [-0.1, -0.05) is 96.8 Å². The van der Waals surface area contributed by atoms with Gasteiger partial charge in [-0.2, -0.15) is 0 Å². The Morgan fingerprint density at radius 1 is 0.714 bits per heavy atom. The van der Waals surface area contributed by atoms with Gasteiger partial charge in [0, 0.05) is 6.42 Å². The molecular weight excluding hydrogens is 360 g/mol. The lowest BCUT2D eigenvalue weighted by molar-refractivity contribution is -0.137. The molecule has 0 saturated carbocycles. The molecular formula is C21H42N2O5. The Bertz CT molecular complexity index is 389. The highest BCUT2D eigenvalue weighted by molar-refractivity contribution is 5.93. The predicted octanol–water partition coefficient (Wildman–Crippen LogP) is 4.51. The highest BCUT2D eigenvalue weighted by Crippen LogP contribution is 2.13. The average molecular weight is 403 g/mol. The second-order valence-corrected chi connectivity index (χ2v) is 7.16. The van der Waals surface area contributed by atoms with E-state index < -0.39 is 24.5 Å². The van der Waals surface area contributed by atoms with Crippen LogP contribution in [0.2, 0.25) is 0 Å². The van der Waals surface area contributed by atoms with E-state index in [-0.39, 0.29) is 0 Å². The van der Waals surface area contributed by atoms with Crippen LogP contribution in [0, 0.1) is 0 Å². The molecule has 7 nitrogen and oxygen atoms in total. The maximum absolute atomic E-state index is 10.3. The average Bonchev–Trinajstić information content (AvgIpc) is 2.64. The van der Waals surface area contributed by atoms with Gasteiger partial charge < -0.3 is 15.9 Å². The van der Waals surface area contributed by atoms with Crippen LogP contribution in [0.5, 0.6) is 0 Å². The molecule has 0 aliphatic heterocycles. The molecule has 0 aliphatic rings. The van der Waals surface area contributed by atoms with Gasteiger partial charge in [-0.3, -0.25) is 14.9 Å². The molecule has 0 atom stereocenters. The fourth-order valence-corrected chi connectivity index (χ4v) is 2.82. The van der Waals surface area contributed by atoms with Crippen LogP contribution in [0.3, 0.4) is 0 Å². The topological polar surface area (TPSA) is 130 Å². The number of unbranched alkanes of at least 4 members (excludes halogenated alkanes) is 14. The van der Waals surface area contributed by atoms with Crippen molar-refractivity contribution in [2.24, 2.45) is 5.73 Å². The number of hydrogen-bond acceptors (Lipinski definition) is 4. The molecule has 0 aromatic heterocycles. The van der Waals surface area contributed by atoms with Gasteiger partial charge in [0.2, 0.25) is 0 Å². The van der Waals surface area contributed by atoms with E-state index in [4.69, 9.17) is 10.2 Å². The molecule has 3 amide bonds. The van der Waals surface area contributed by atoms with Crippen LogP contribution >= 0.6 is 0 Å². The monoisotopic (exact) mass is 402 g/mol. The molecule has 0 spiro atoms. The number of carbonyl (C=O) groups excluding carboxylic acids is 2. The highest BCUT2D eigenvalue weighted by atomic mass is 16.4. The van der Waals surface area contributed by atoms with Crippen molar-refractivity contribution < 1.29 is 24.6 Å². The number of carboxylic acid groups (broad SMARTS) is 1. The van der Waals surface area contributed by atoms with E-state index >= 15 is 0 Å². The smallest absolute Gasteiger partial charge is 0.318 e. The summed E-state index contributed by atoms with van der Waals surface area (Å²) >= 11 is 0. The van der Waals surface area contributed by atoms with Gasteiger partial charge in [-0.15, -0.1) is 0 Å². The van der Waals surface area contributed by atoms with Gasteiger partial charge >= 0.3 is 12.0 Å². The van der Waals surface area contributed by atoms with E-state index in [0.29, 0.717) is 6.42 Å². The fourth-order valence-electron chi connectivity index (χ4n) is 2.82. The van der Waals surface area contributed by atoms with Crippen LogP contribution in [-0.2, 0) is 9.59 Å². The maximum atomic E-state index is 10.3. The van der Waals surface area contributed by atoms with Gasteiger partial charge in [-0.25, -0.2) is 4.79 Å². The molecule has 0 unspecified atom stereocenters. The number of urea groups is 1. The van der Waals surface area contributed by atoms with Crippen molar-refractivity contribution in [1.82, 2.24) is 5.32 Å². The number of nitrogens with one attached hydrogen (secondary N) is 1. The second-order valence-electron chi connectivity index (χ2n) is 7.16. The Labute approximate surface area is 170 Å². The maximum Gasteiger partial charge on any atom is 0.318 e. The summed E-state index contributed by atoms with van der Waals surface area (Å²) in [7, 11) is 0. The van der Waals surface area contributed by atoms with E-state index in [1.807, 2.05) is 0 Å². The Kier molecular flexibility index (Phi) is 23.9. The number of hydrogen-bond donors (Lipinski definition) is 4. The van der Waals surface area contributed by atoms with Crippen molar-refractivity contribution >= 4 is 17.9 Å². The minimum Gasteiger partial charge on any atom is -0.481 e. The number of primary amides is 1. The number of amides is 3. The van der Waals surface area contributed by atoms with Crippen molar-refractivity contribution in [3.8, 4) is 0 Å². The van der Waals surface area contributed by atoms with Crippen LogP contribution in [0.1, 0.15) is 110 Å². The van der Waals surface area contributed by atoms with Crippen molar-refractivity contribution in [3.63, 3.8) is 0 Å².